The Hall–Kier alpha value is -1.75. The van der Waals surface area contributed by atoms with E-state index in [0.717, 1.165) is 36.4 Å². The zero-order valence-electron chi connectivity index (χ0n) is 13.8. The Kier molecular flexibility index (Phi) is 7.56. The van der Waals surface area contributed by atoms with Crippen LogP contribution in [0.3, 0.4) is 0 Å². The molecule has 0 saturated carbocycles. The Morgan fingerprint density at radius 2 is 2.00 bits per heavy atom. The predicted molar refractivity (Wildman–Crippen MR) is 103 cm³/mol. The van der Waals surface area contributed by atoms with Crippen LogP contribution < -0.4 is 15.4 Å². The molecule has 2 aromatic carbocycles. The van der Waals surface area contributed by atoms with Gasteiger partial charge in [0.15, 0.2) is 0 Å². The van der Waals surface area contributed by atoms with Crippen LogP contribution in [0.2, 0.25) is 5.02 Å². The van der Waals surface area contributed by atoms with Crippen LogP contribution in [0.5, 0.6) is 5.75 Å². The van der Waals surface area contributed by atoms with Gasteiger partial charge in [-0.2, -0.15) is 0 Å². The van der Waals surface area contributed by atoms with Crippen molar-refractivity contribution in [3.05, 3.63) is 64.7 Å². The summed E-state index contributed by atoms with van der Waals surface area (Å²) in [6.07, 6.45) is 1.37. The number of carbonyl (C=O) groups is 1. The van der Waals surface area contributed by atoms with Gasteiger partial charge in [-0.05, 0) is 48.4 Å². The van der Waals surface area contributed by atoms with Gasteiger partial charge in [0.05, 0.1) is 6.42 Å². The number of ether oxygens (including phenoxy) is 1. The average Bonchev–Trinajstić information content (AvgIpc) is 3.07. The summed E-state index contributed by atoms with van der Waals surface area (Å²) in [5.74, 6) is 0.816. The summed E-state index contributed by atoms with van der Waals surface area (Å²) in [4.78, 5) is 12.1. The molecular formula is C19H22Cl2N2O2. The van der Waals surface area contributed by atoms with Crippen molar-refractivity contribution in [3.63, 3.8) is 0 Å². The summed E-state index contributed by atoms with van der Waals surface area (Å²) in [5, 5.41) is 7.01. The van der Waals surface area contributed by atoms with Gasteiger partial charge in [-0.15, -0.1) is 12.4 Å². The average molecular weight is 381 g/mol. The van der Waals surface area contributed by atoms with E-state index in [0.29, 0.717) is 18.1 Å². The zero-order chi connectivity index (χ0) is 16.8. The van der Waals surface area contributed by atoms with Crippen LogP contribution in [0, 0.1) is 0 Å². The van der Waals surface area contributed by atoms with Crippen molar-refractivity contribution >= 4 is 29.9 Å². The van der Waals surface area contributed by atoms with Gasteiger partial charge < -0.3 is 15.4 Å². The molecule has 0 aromatic heterocycles. The number of amides is 1. The highest BCUT2D eigenvalue weighted by atomic mass is 35.5. The first-order valence-corrected chi connectivity index (χ1v) is 8.53. The van der Waals surface area contributed by atoms with Crippen molar-refractivity contribution in [2.75, 3.05) is 13.1 Å². The van der Waals surface area contributed by atoms with Gasteiger partial charge in [-0.1, -0.05) is 35.9 Å². The van der Waals surface area contributed by atoms with E-state index in [9.17, 15) is 4.79 Å². The second-order valence-corrected chi connectivity index (χ2v) is 6.43. The second-order valence-electron chi connectivity index (χ2n) is 6.00. The van der Waals surface area contributed by atoms with Gasteiger partial charge in [0.1, 0.15) is 12.4 Å². The molecule has 2 aromatic rings. The molecule has 4 nitrogen and oxygen atoms in total. The van der Waals surface area contributed by atoms with Gasteiger partial charge in [0.2, 0.25) is 5.91 Å². The minimum atomic E-state index is 0. The molecular weight excluding hydrogens is 359 g/mol. The molecule has 1 aliphatic rings. The van der Waals surface area contributed by atoms with E-state index in [2.05, 4.69) is 10.6 Å². The maximum absolute atomic E-state index is 12.1. The van der Waals surface area contributed by atoms with E-state index in [4.69, 9.17) is 16.3 Å². The van der Waals surface area contributed by atoms with Gasteiger partial charge in [0, 0.05) is 17.6 Å². The standard InChI is InChI=1S/C19H21ClN2O2.ClH/c20-16-6-4-14(5-7-16)13-24-18-3-1-2-15(10-18)11-19(23)22-17-8-9-21-12-17;/h1-7,10,17,21H,8-9,11-13H2,(H,22,23);1H. The molecule has 1 heterocycles. The number of nitrogens with one attached hydrogen (secondary N) is 2. The minimum Gasteiger partial charge on any atom is -0.489 e. The quantitative estimate of drug-likeness (QED) is 0.807. The van der Waals surface area contributed by atoms with Crippen molar-refractivity contribution in [2.45, 2.75) is 25.5 Å². The van der Waals surface area contributed by atoms with E-state index >= 15 is 0 Å². The topological polar surface area (TPSA) is 50.4 Å². The number of rotatable bonds is 6. The highest BCUT2D eigenvalue weighted by molar-refractivity contribution is 6.30. The van der Waals surface area contributed by atoms with Crippen LogP contribution in [0.25, 0.3) is 0 Å². The highest BCUT2D eigenvalue weighted by Crippen LogP contribution is 2.17. The fourth-order valence-electron chi connectivity index (χ4n) is 2.73. The smallest absolute Gasteiger partial charge is 0.224 e. The molecule has 0 spiro atoms. The SMILES string of the molecule is Cl.O=C(Cc1cccc(OCc2ccc(Cl)cc2)c1)NC1CCNC1. The third-order valence-electron chi connectivity index (χ3n) is 4.01. The molecule has 3 rings (SSSR count). The van der Waals surface area contributed by atoms with E-state index in [-0.39, 0.29) is 24.4 Å². The maximum atomic E-state index is 12.1. The molecule has 1 saturated heterocycles. The van der Waals surface area contributed by atoms with Crippen molar-refractivity contribution < 1.29 is 9.53 Å². The number of hydrogen-bond acceptors (Lipinski definition) is 3. The van der Waals surface area contributed by atoms with E-state index < -0.39 is 0 Å². The lowest BCUT2D eigenvalue weighted by molar-refractivity contribution is -0.121. The third kappa shape index (κ3) is 6.24. The fraction of sp³-hybridized carbons (Fsp3) is 0.316. The maximum Gasteiger partial charge on any atom is 0.224 e. The Labute approximate surface area is 159 Å². The summed E-state index contributed by atoms with van der Waals surface area (Å²) < 4.78 is 5.80. The number of carbonyl (C=O) groups excluding carboxylic acids is 1. The lowest BCUT2D eigenvalue weighted by Crippen LogP contribution is -2.37. The van der Waals surface area contributed by atoms with Gasteiger partial charge >= 0.3 is 0 Å². The molecule has 134 valence electrons. The first-order valence-electron chi connectivity index (χ1n) is 8.15. The van der Waals surface area contributed by atoms with Crippen LogP contribution in [0.4, 0.5) is 0 Å². The second kappa shape index (κ2) is 9.66. The van der Waals surface area contributed by atoms with Crippen LogP contribution in [-0.4, -0.2) is 25.0 Å². The Bertz CT molecular complexity index is 686. The molecule has 0 radical (unpaired) electrons. The zero-order valence-corrected chi connectivity index (χ0v) is 15.4. The molecule has 1 amide bonds. The molecule has 0 bridgehead atoms. The molecule has 0 aliphatic carbocycles. The normalized spacial score (nSPS) is 16.1. The lowest BCUT2D eigenvalue weighted by atomic mass is 10.1. The van der Waals surface area contributed by atoms with Crippen LogP contribution in [0.15, 0.2) is 48.5 Å². The predicted octanol–water partition coefficient (Wildman–Crippen LogP) is 3.36. The van der Waals surface area contributed by atoms with Gasteiger partial charge in [-0.3, -0.25) is 4.79 Å². The minimum absolute atomic E-state index is 0. The largest absolute Gasteiger partial charge is 0.489 e. The molecule has 1 aliphatic heterocycles. The van der Waals surface area contributed by atoms with Gasteiger partial charge in [-0.25, -0.2) is 0 Å². The van der Waals surface area contributed by atoms with Crippen molar-refractivity contribution in [1.29, 1.82) is 0 Å². The summed E-state index contributed by atoms with van der Waals surface area (Å²) in [5.41, 5.74) is 2.00. The lowest BCUT2D eigenvalue weighted by Gasteiger charge is -2.12. The number of halogens is 2. The van der Waals surface area contributed by atoms with Crippen molar-refractivity contribution in [1.82, 2.24) is 10.6 Å². The Morgan fingerprint density at radius 3 is 2.72 bits per heavy atom. The van der Waals surface area contributed by atoms with Crippen molar-refractivity contribution in [2.24, 2.45) is 0 Å². The highest BCUT2D eigenvalue weighted by Gasteiger charge is 2.16. The molecule has 6 heteroatoms. The first kappa shape index (κ1) is 19.6. The third-order valence-corrected chi connectivity index (χ3v) is 4.26. The monoisotopic (exact) mass is 380 g/mol. The summed E-state index contributed by atoms with van der Waals surface area (Å²) in [6.45, 7) is 2.30. The fourth-order valence-corrected chi connectivity index (χ4v) is 2.86. The van der Waals surface area contributed by atoms with Crippen molar-refractivity contribution in [3.8, 4) is 5.75 Å². The molecule has 1 fully saturated rings. The molecule has 1 unspecified atom stereocenters. The first-order chi connectivity index (χ1) is 11.7. The van der Waals surface area contributed by atoms with Crippen LogP contribution in [-0.2, 0) is 17.8 Å². The molecule has 2 N–H and O–H groups in total. The summed E-state index contributed by atoms with van der Waals surface area (Å²) in [6, 6.07) is 15.5. The van der Waals surface area contributed by atoms with Gasteiger partial charge in [0.25, 0.3) is 0 Å². The Morgan fingerprint density at radius 1 is 1.20 bits per heavy atom. The summed E-state index contributed by atoms with van der Waals surface area (Å²) in [7, 11) is 0. The number of hydrogen-bond donors (Lipinski definition) is 2. The van der Waals surface area contributed by atoms with E-state index in [1.165, 1.54) is 0 Å². The van der Waals surface area contributed by atoms with Crippen LogP contribution in [0.1, 0.15) is 17.5 Å². The van der Waals surface area contributed by atoms with E-state index in [1.807, 2.05) is 48.5 Å². The summed E-state index contributed by atoms with van der Waals surface area (Å²) >= 11 is 5.88. The number of benzene rings is 2. The van der Waals surface area contributed by atoms with E-state index in [1.54, 1.807) is 0 Å². The van der Waals surface area contributed by atoms with Crippen LogP contribution >= 0.6 is 24.0 Å². The Balaban J connectivity index is 0.00000225. The molecule has 1 atom stereocenters. The molecule has 25 heavy (non-hydrogen) atoms.